The minimum absolute atomic E-state index is 0.548. The van der Waals surface area contributed by atoms with E-state index in [-0.39, 0.29) is 0 Å². The van der Waals surface area contributed by atoms with Gasteiger partial charge in [-0.05, 0) is 103 Å². The van der Waals surface area contributed by atoms with Gasteiger partial charge in [0.2, 0.25) is 0 Å². The lowest BCUT2D eigenvalue weighted by Gasteiger charge is -2.34. The average molecular weight is 1010 g/mol. The fourth-order valence-electron chi connectivity index (χ4n) is 11.2. The molecule has 11 aromatic carbocycles. The van der Waals surface area contributed by atoms with E-state index in [1.807, 2.05) is 97.1 Å². The molecule has 0 saturated heterocycles. The number of aromatic nitrogens is 4. The third-order valence-corrected chi connectivity index (χ3v) is 19.6. The van der Waals surface area contributed by atoms with Gasteiger partial charge in [0.25, 0.3) is 0 Å². The molecular weight excluding hydrogens is 965 g/mol. The highest BCUT2D eigenvalue weighted by molar-refractivity contribution is 7.19. The molecule has 364 valence electrons. The van der Waals surface area contributed by atoms with Crippen LogP contribution in [-0.4, -0.2) is 27.6 Å². The van der Waals surface area contributed by atoms with Gasteiger partial charge in [0.05, 0.1) is 24.2 Å². The first kappa shape index (κ1) is 47.2. The predicted octanol–water partition coefficient (Wildman–Crippen LogP) is 15.4. The molecule has 0 fully saturated rings. The summed E-state index contributed by atoms with van der Waals surface area (Å²) in [5.74, 6) is 1.71. The Morgan fingerprint density at radius 2 is 0.692 bits per heavy atom. The van der Waals surface area contributed by atoms with Crippen LogP contribution in [0.3, 0.4) is 0 Å². The topological polar surface area (TPSA) is 52.3 Å². The molecule has 0 aliphatic rings. The Hall–Kier alpha value is -10.6. The summed E-state index contributed by atoms with van der Waals surface area (Å²) in [4.78, 5) is 23.4. The third-order valence-electron chi connectivity index (χ3n) is 14.8. The van der Waals surface area contributed by atoms with Crippen LogP contribution in [-0.2, 0) is 0 Å². The van der Waals surface area contributed by atoms with Crippen molar-refractivity contribution in [2.24, 2.45) is 0 Å². The Kier molecular flexibility index (Phi) is 12.3. The van der Waals surface area contributed by atoms with Crippen molar-refractivity contribution in [1.29, 1.82) is 0 Å². The molecule has 6 nitrogen and oxygen atoms in total. The quantitative estimate of drug-likeness (QED) is 0.0737. The molecule has 0 amide bonds. The molecule has 0 N–H and O–H groups in total. The van der Waals surface area contributed by atoms with Crippen LogP contribution in [0.15, 0.2) is 279 Å². The molecule has 0 aliphatic carbocycles. The fourth-order valence-corrected chi connectivity index (χ4v) is 16.0. The average Bonchev–Trinajstić information content (AvgIpc) is 3.90. The minimum Gasteiger partial charge on any atom is -0.309 e. The van der Waals surface area contributed by atoms with Crippen molar-refractivity contribution < 1.29 is 0 Å². The normalized spacial score (nSPS) is 11.3. The summed E-state index contributed by atoms with van der Waals surface area (Å²) in [6.07, 6.45) is 0. The van der Waals surface area contributed by atoms with Crippen LogP contribution in [0.5, 0.6) is 0 Å². The summed E-state index contributed by atoms with van der Waals surface area (Å²) in [7, 11) is -2.93. The highest BCUT2D eigenvalue weighted by atomic mass is 28.3. The maximum Gasteiger partial charge on any atom is 0.187 e. The zero-order valence-corrected chi connectivity index (χ0v) is 43.2. The lowest BCUT2D eigenvalue weighted by Crippen LogP contribution is -2.74. The molecule has 13 aromatic rings. The van der Waals surface area contributed by atoms with Gasteiger partial charge in [-0.3, -0.25) is 0 Å². The smallest absolute Gasteiger partial charge is 0.187 e. The highest BCUT2D eigenvalue weighted by Crippen LogP contribution is 2.41. The summed E-state index contributed by atoms with van der Waals surface area (Å²) in [6.45, 7) is 15.5. The SMILES string of the molecule is [C-]#[N+]c1cccc(-c2ccc3c(c2)c2cc(-c4cccc([N+]#[C-])c4)ccc2n3-c2ccc(-c3cccc([Si](c4ccccc4)(c4ccccc4)c4ccccc4)c3)c(-c3nc(-c4ccccc4)nc(-c4ccccc4)n3)c2)c1. The zero-order chi connectivity index (χ0) is 52.4. The van der Waals surface area contributed by atoms with E-state index in [1.165, 1.54) is 20.7 Å². The van der Waals surface area contributed by atoms with Crippen molar-refractivity contribution in [2.75, 3.05) is 0 Å². The van der Waals surface area contributed by atoms with Gasteiger partial charge in [-0.25, -0.2) is 24.6 Å². The molecule has 2 heterocycles. The Morgan fingerprint density at radius 3 is 1.17 bits per heavy atom. The number of hydrogen-bond donors (Lipinski definition) is 0. The largest absolute Gasteiger partial charge is 0.309 e. The van der Waals surface area contributed by atoms with Crippen LogP contribution in [0.2, 0.25) is 0 Å². The number of rotatable bonds is 11. The molecule has 0 atom stereocenters. The second kappa shape index (κ2) is 20.3. The molecule has 0 spiro atoms. The van der Waals surface area contributed by atoms with Crippen molar-refractivity contribution >= 4 is 62.0 Å². The second-order valence-electron chi connectivity index (χ2n) is 19.3. The van der Waals surface area contributed by atoms with Crippen molar-refractivity contribution in [3.63, 3.8) is 0 Å². The number of hydrogen-bond acceptors (Lipinski definition) is 3. The van der Waals surface area contributed by atoms with Crippen LogP contribution >= 0.6 is 0 Å². The summed E-state index contributed by atoms with van der Waals surface area (Å²) in [6, 6.07) is 97.9. The molecule has 0 aliphatic heterocycles. The Bertz CT molecular complexity index is 4180. The fraction of sp³-hybridized carbons (Fsp3) is 0. The van der Waals surface area contributed by atoms with E-state index < -0.39 is 8.07 Å². The summed E-state index contributed by atoms with van der Waals surface area (Å²) in [5, 5.41) is 7.25. The Labute approximate surface area is 454 Å². The molecule has 13 rings (SSSR count). The molecule has 0 saturated carbocycles. The Balaban J connectivity index is 1.09. The van der Waals surface area contributed by atoms with E-state index in [2.05, 4.69) is 196 Å². The number of fused-ring (bicyclic) bond motifs is 3. The number of nitrogens with zero attached hydrogens (tertiary/aromatic N) is 6. The Morgan fingerprint density at radius 1 is 0.295 bits per heavy atom. The maximum atomic E-state index is 7.77. The van der Waals surface area contributed by atoms with E-state index in [0.717, 1.165) is 77.6 Å². The van der Waals surface area contributed by atoms with Crippen molar-refractivity contribution in [1.82, 2.24) is 19.5 Å². The van der Waals surface area contributed by atoms with Crippen LogP contribution in [0, 0.1) is 13.1 Å². The summed E-state index contributed by atoms with van der Waals surface area (Å²) < 4.78 is 2.34. The van der Waals surface area contributed by atoms with E-state index in [9.17, 15) is 0 Å². The van der Waals surface area contributed by atoms with Crippen molar-refractivity contribution in [3.05, 3.63) is 302 Å². The first-order valence-corrected chi connectivity index (χ1v) is 27.9. The molecule has 0 unspecified atom stereocenters. The molecule has 0 bridgehead atoms. The van der Waals surface area contributed by atoms with E-state index in [0.29, 0.717) is 28.8 Å². The van der Waals surface area contributed by atoms with Crippen molar-refractivity contribution in [2.45, 2.75) is 0 Å². The van der Waals surface area contributed by atoms with Crippen molar-refractivity contribution in [3.8, 4) is 73.2 Å². The van der Waals surface area contributed by atoms with Crippen LogP contribution in [0.4, 0.5) is 11.4 Å². The van der Waals surface area contributed by atoms with Gasteiger partial charge in [0.1, 0.15) is 0 Å². The summed E-state index contributed by atoms with van der Waals surface area (Å²) in [5.41, 5.74) is 12.7. The standard InChI is InChI=1S/C71H46N6Si/c1-72-56-28-18-25-51(43-56)53-37-41-67-64(46-53)65-47-54(52-26-19-29-57(44-52)73-2)38-42-68(65)77(67)58-39-40-63(66(48-58)71-75-69(49-21-8-3-9-22-49)74-70(76-71)50-23-10-4-11-24-50)55-27-20-36-62(45-55)78(59-30-12-5-13-31-59,60-32-14-6-15-33-60)61-34-16-7-17-35-61/h3-48H. The molecule has 7 heteroatoms. The summed E-state index contributed by atoms with van der Waals surface area (Å²) >= 11 is 0. The molecule has 0 radical (unpaired) electrons. The predicted molar refractivity (Wildman–Crippen MR) is 323 cm³/mol. The van der Waals surface area contributed by atoms with Gasteiger partial charge in [0, 0.05) is 33.2 Å². The van der Waals surface area contributed by atoms with E-state index in [4.69, 9.17) is 28.1 Å². The highest BCUT2D eigenvalue weighted by Gasteiger charge is 2.41. The number of benzene rings is 11. The minimum atomic E-state index is -2.93. The van der Waals surface area contributed by atoms with Gasteiger partial charge < -0.3 is 4.57 Å². The van der Waals surface area contributed by atoms with E-state index >= 15 is 0 Å². The lowest BCUT2D eigenvalue weighted by atomic mass is 9.98. The maximum absolute atomic E-state index is 7.77. The van der Waals surface area contributed by atoms with Crippen LogP contribution in [0.1, 0.15) is 0 Å². The molecule has 78 heavy (non-hydrogen) atoms. The third kappa shape index (κ3) is 8.53. The monoisotopic (exact) mass is 1010 g/mol. The first-order chi connectivity index (χ1) is 38.5. The van der Waals surface area contributed by atoms with E-state index in [1.54, 1.807) is 0 Å². The van der Waals surface area contributed by atoms with Gasteiger partial charge >= 0.3 is 0 Å². The van der Waals surface area contributed by atoms with Crippen LogP contribution < -0.4 is 20.7 Å². The first-order valence-electron chi connectivity index (χ1n) is 25.9. The molecule has 2 aromatic heterocycles. The van der Waals surface area contributed by atoms with Gasteiger partial charge in [-0.2, -0.15) is 0 Å². The molecular formula is C71H46N6Si. The van der Waals surface area contributed by atoms with Gasteiger partial charge in [-0.1, -0.05) is 231 Å². The zero-order valence-electron chi connectivity index (χ0n) is 42.2. The van der Waals surface area contributed by atoms with Crippen LogP contribution in [0.25, 0.3) is 105 Å². The van der Waals surface area contributed by atoms with Gasteiger partial charge in [0.15, 0.2) is 36.9 Å². The second-order valence-corrected chi connectivity index (χ2v) is 23.1. The van der Waals surface area contributed by atoms with Gasteiger partial charge in [-0.15, -0.1) is 0 Å². The lowest BCUT2D eigenvalue weighted by molar-refractivity contribution is 1.07.